The van der Waals surface area contributed by atoms with Gasteiger partial charge in [0, 0.05) is 64.4 Å². The number of nitrogens with one attached hydrogen (secondary N) is 2. The molecule has 0 saturated carbocycles. The van der Waals surface area contributed by atoms with Gasteiger partial charge in [-0.2, -0.15) is 0 Å². The van der Waals surface area contributed by atoms with Gasteiger partial charge in [0.25, 0.3) is 0 Å². The van der Waals surface area contributed by atoms with Crippen molar-refractivity contribution in [3.8, 4) is 5.75 Å². The monoisotopic (exact) mass is 305 g/mol. The molecule has 4 N–H and O–H groups in total. The van der Waals surface area contributed by atoms with Crippen LogP contribution in [-0.4, -0.2) is 58.3 Å². The predicted molar refractivity (Wildman–Crippen MR) is 92.3 cm³/mol. The summed E-state index contributed by atoms with van der Waals surface area (Å²) in [5.41, 5.74) is 7.69. The number of nitrogen functional groups attached to an aromatic ring is 1. The van der Waals surface area contributed by atoms with Crippen LogP contribution in [0.1, 0.15) is 0 Å². The molecule has 0 bridgehead atoms. The Balaban J connectivity index is 1.71. The van der Waals surface area contributed by atoms with Gasteiger partial charge in [-0.1, -0.05) is 0 Å². The molecule has 0 unspecified atom stereocenters. The minimum Gasteiger partial charge on any atom is -0.489 e. The first-order valence-corrected chi connectivity index (χ1v) is 7.73. The number of nitrogens with two attached hydrogens (primary N) is 1. The quantitative estimate of drug-likeness (QED) is 0.485. The van der Waals surface area contributed by atoms with E-state index in [2.05, 4.69) is 27.5 Å². The average Bonchev–Trinajstić information content (AvgIpc) is 2.52. The Labute approximate surface area is 132 Å². The number of fused-ring (bicyclic) bond motifs is 1. The normalized spacial score (nSPS) is 13.8. The Morgan fingerprint density at radius 1 is 1.41 bits per heavy atom. The van der Waals surface area contributed by atoms with Crippen LogP contribution in [0.3, 0.4) is 0 Å². The van der Waals surface area contributed by atoms with E-state index in [9.17, 15) is 0 Å². The zero-order valence-electron chi connectivity index (χ0n) is 13.5. The van der Waals surface area contributed by atoms with Gasteiger partial charge in [0.2, 0.25) is 0 Å². The summed E-state index contributed by atoms with van der Waals surface area (Å²) in [6.45, 7) is 5.50. The van der Waals surface area contributed by atoms with E-state index in [0.717, 1.165) is 49.8 Å². The van der Waals surface area contributed by atoms with Crippen molar-refractivity contribution in [2.75, 3.05) is 64.1 Å². The minimum atomic E-state index is 0.716. The van der Waals surface area contributed by atoms with Gasteiger partial charge < -0.3 is 30.9 Å². The van der Waals surface area contributed by atoms with E-state index in [-0.39, 0.29) is 0 Å². The molecular formula is C16H27N5O. The largest absolute Gasteiger partial charge is 0.489 e. The van der Waals surface area contributed by atoms with Crippen molar-refractivity contribution in [2.45, 2.75) is 0 Å². The number of likely N-dealkylation sites (N-methyl/N-ethyl adjacent to an activating group) is 1. The average molecular weight is 305 g/mol. The van der Waals surface area contributed by atoms with Crippen molar-refractivity contribution in [1.82, 2.24) is 15.5 Å². The molecule has 0 amide bonds. The molecule has 0 spiro atoms. The Hall–Kier alpha value is -2.08. The molecule has 0 aliphatic carbocycles. The maximum Gasteiger partial charge on any atom is 0.144 e. The van der Waals surface area contributed by atoms with Gasteiger partial charge >= 0.3 is 0 Å². The lowest BCUT2D eigenvalue weighted by Gasteiger charge is -2.31. The van der Waals surface area contributed by atoms with Crippen LogP contribution in [-0.2, 0) is 0 Å². The van der Waals surface area contributed by atoms with Crippen molar-refractivity contribution in [1.29, 1.82) is 0 Å². The molecule has 1 aromatic rings. The van der Waals surface area contributed by atoms with Crippen LogP contribution >= 0.6 is 0 Å². The molecule has 1 aliphatic rings. The van der Waals surface area contributed by atoms with E-state index in [0.29, 0.717) is 6.61 Å². The van der Waals surface area contributed by atoms with Gasteiger partial charge in [-0.25, -0.2) is 0 Å². The lowest BCUT2D eigenvalue weighted by atomic mass is 10.2. The summed E-state index contributed by atoms with van der Waals surface area (Å²) in [4.78, 5) is 4.49. The van der Waals surface area contributed by atoms with Crippen LogP contribution < -0.4 is 26.0 Å². The standard InChI is InChI=1S/C16H27N5O/c1-18-5-8-20(2)9-6-19-7-10-21-11-12-22-16-13-14(17)3-4-15(16)21/h3-5,8,13,18-19H,6-7,9-12,17H2,1-2H3/b8-5-. The number of ether oxygens (including phenoxy) is 1. The lowest BCUT2D eigenvalue weighted by molar-refractivity contribution is 0.307. The molecule has 0 fully saturated rings. The fourth-order valence-corrected chi connectivity index (χ4v) is 2.40. The highest BCUT2D eigenvalue weighted by Crippen LogP contribution is 2.32. The Morgan fingerprint density at radius 2 is 2.27 bits per heavy atom. The Kier molecular flexibility index (Phi) is 6.21. The van der Waals surface area contributed by atoms with E-state index in [1.807, 2.05) is 37.6 Å². The SMILES string of the molecule is CN/C=C\N(C)CCNCCN1CCOc2cc(N)ccc21. The molecule has 122 valence electrons. The highest BCUT2D eigenvalue weighted by atomic mass is 16.5. The van der Waals surface area contributed by atoms with Crippen molar-refractivity contribution >= 4 is 11.4 Å². The first-order valence-electron chi connectivity index (χ1n) is 7.73. The summed E-state index contributed by atoms with van der Waals surface area (Å²) >= 11 is 0. The molecule has 1 aliphatic heterocycles. The number of hydrogen-bond donors (Lipinski definition) is 3. The third-order valence-corrected chi connectivity index (χ3v) is 3.64. The molecule has 0 saturated heterocycles. The fraction of sp³-hybridized carbons (Fsp3) is 0.500. The molecule has 6 nitrogen and oxygen atoms in total. The van der Waals surface area contributed by atoms with Gasteiger partial charge in [-0.3, -0.25) is 0 Å². The number of nitrogens with zero attached hydrogens (tertiary/aromatic N) is 2. The maximum absolute atomic E-state index is 5.80. The van der Waals surface area contributed by atoms with Gasteiger partial charge in [0.1, 0.15) is 12.4 Å². The second-order valence-corrected chi connectivity index (χ2v) is 5.40. The van der Waals surface area contributed by atoms with Gasteiger partial charge in [-0.15, -0.1) is 0 Å². The highest BCUT2D eigenvalue weighted by Gasteiger charge is 2.17. The first kappa shape index (κ1) is 16.3. The Morgan fingerprint density at radius 3 is 3.09 bits per heavy atom. The lowest BCUT2D eigenvalue weighted by Crippen LogP contribution is -2.39. The van der Waals surface area contributed by atoms with E-state index < -0.39 is 0 Å². The van der Waals surface area contributed by atoms with Crippen LogP contribution in [0.4, 0.5) is 11.4 Å². The smallest absolute Gasteiger partial charge is 0.144 e. The summed E-state index contributed by atoms with van der Waals surface area (Å²) in [5.74, 6) is 0.892. The van der Waals surface area contributed by atoms with E-state index in [1.54, 1.807) is 0 Å². The van der Waals surface area contributed by atoms with Crippen LogP contribution in [0.15, 0.2) is 30.6 Å². The van der Waals surface area contributed by atoms with Crippen molar-refractivity contribution in [2.24, 2.45) is 0 Å². The minimum absolute atomic E-state index is 0.716. The van der Waals surface area contributed by atoms with E-state index in [4.69, 9.17) is 10.5 Å². The summed E-state index contributed by atoms with van der Waals surface area (Å²) in [6, 6.07) is 5.87. The summed E-state index contributed by atoms with van der Waals surface area (Å²) < 4.78 is 5.67. The summed E-state index contributed by atoms with van der Waals surface area (Å²) in [5, 5.41) is 6.47. The third-order valence-electron chi connectivity index (χ3n) is 3.64. The molecule has 0 aromatic heterocycles. The molecular weight excluding hydrogens is 278 g/mol. The van der Waals surface area contributed by atoms with Crippen LogP contribution in [0, 0.1) is 0 Å². The molecule has 22 heavy (non-hydrogen) atoms. The second-order valence-electron chi connectivity index (χ2n) is 5.40. The van der Waals surface area contributed by atoms with Gasteiger partial charge in [0.05, 0.1) is 12.2 Å². The number of rotatable bonds is 8. The second kappa shape index (κ2) is 8.38. The molecule has 1 heterocycles. The highest BCUT2D eigenvalue weighted by molar-refractivity contribution is 5.65. The zero-order chi connectivity index (χ0) is 15.8. The van der Waals surface area contributed by atoms with Gasteiger partial charge in [-0.05, 0) is 12.1 Å². The fourth-order valence-electron chi connectivity index (χ4n) is 2.40. The predicted octanol–water partition coefficient (Wildman–Crippen LogP) is 0.680. The van der Waals surface area contributed by atoms with Crippen LogP contribution in [0.25, 0.3) is 0 Å². The first-order chi connectivity index (χ1) is 10.7. The molecule has 2 rings (SSSR count). The third kappa shape index (κ3) is 4.73. The molecule has 1 aromatic carbocycles. The van der Waals surface area contributed by atoms with Crippen LogP contribution in [0.5, 0.6) is 5.75 Å². The van der Waals surface area contributed by atoms with Crippen molar-refractivity contribution < 1.29 is 4.74 Å². The topological polar surface area (TPSA) is 65.8 Å². The molecule has 0 atom stereocenters. The van der Waals surface area contributed by atoms with E-state index >= 15 is 0 Å². The Bertz CT molecular complexity index is 491. The molecule has 6 heteroatoms. The number of hydrogen-bond acceptors (Lipinski definition) is 6. The van der Waals surface area contributed by atoms with Crippen molar-refractivity contribution in [3.05, 3.63) is 30.6 Å². The van der Waals surface area contributed by atoms with Crippen molar-refractivity contribution in [3.63, 3.8) is 0 Å². The number of anilines is 2. The summed E-state index contributed by atoms with van der Waals surface area (Å²) in [7, 11) is 3.97. The number of benzene rings is 1. The maximum atomic E-state index is 5.80. The van der Waals surface area contributed by atoms with Crippen LogP contribution in [0.2, 0.25) is 0 Å². The summed E-state index contributed by atoms with van der Waals surface area (Å²) in [6.07, 6.45) is 3.96. The molecule has 0 radical (unpaired) electrons. The van der Waals surface area contributed by atoms with E-state index in [1.165, 1.54) is 0 Å². The zero-order valence-corrected chi connectivity index (χ0v) is 13.5. The van der Waals surface area contributed by atoms with Gasteiger partial charge in [0.15, 0.2) is 0 Å².